The van der Waals surface area contributed by atoms with Crippen molar-refractivity contribution in [2.45, 2.75) is 67.7 Å². The van der Waals surface area contributed by atoms with Crippen LogP contribution in [0.15, 0.2) is 35.4 Å². The highest BCUT2D eigenvalue weighted by atomic mass is 32.2. The third kappa shape index (κ3) is 4.17. The molecular weight excluding hydrogens is 400 g/mol. The molecule has 1 heterocycles. The van der Waals surface area contributed by atoms with Crippen LogP contribution in [-0.2, 0) is 15.4 Å². The first-order valence-electron chi connectivity index (χ1n) is 10.5. The number of carbonyl (C=O) groups excluding carboxylic acids is 1. The zero-order valence-corrected chi connectivity index (χ0v) is 17.9. The maximum absolute atomic E-state index is 13.1. The van der Waals surface area contributed by atoms with E-state index in [9.17, 15) is 18.5 Å². The number of aromatic nitrogens is 3. The Hall–Kier alpha value is -2.53. The standard InChI is InChI=1S/C22H26N4O3S/c1-30(28,29)18-9-5-8-17(12-18)21(27)13-19(16-6-3-2-4-7-16)20-14-26(25-24-20)22(15-23)10-11-22/h5,8-9,12,14,16,19H,2-4,6-7,10-11,13H2,1H3/t19-/m0/s1. The monoisotopic (exact) mass is 426 g/mol. The Bertz CT molecular complexity index is 1090. The summed E-state index contributed by atoms with van der Waals surface area (Å²) in [6, 6.07) is 8.57. The number of nitrogens with zero attached hydrogens (tertiary/aromatic N) is 4. The SMILES string of the molecule is CS(=O)(=O)c1cccc(C(=O)C[C@H](c2cn(C3(C#N)CC3)nn2)C2CCCCC2)c1. The second kappa shape index (κ2) is 7.95. The number of sulfone groups is 1. The number of hydrogen-bond donors (Lipinski definition) is 0. The molecule has 2 fully saturated rings. The minimum absolute atomic E-state index is 0.0806. The first-order chi connectivity index (χ1) is 14.3. The number of carbonyl (C=O) groups is 1. The second-order valence-corrected chi connectivity index (χ2v) is 10.7. The van der Waals surface area contributed by atoms with Crippen LogP contribution in [0.25, 0.3) is 0 Å². The molecule has 0 spiro atoms. The second-order valence-electron chi connectivity index (χ2n) is 8.66. The van der Waals surface area contributed by atoms with Crippen LogP contribution in [0.5, 0.6) is 0 Å². The Morgan fingerprint density at radius 1 is 1.30 bits per heavy atom. The summed E-state index contributed by atoms with van der Waals surface area (Å²) >= 11 is 0. The van der Waals surface area contributed by atoms with Crippen LogP contribution in [0, 0.1) is 17.2 Å². The van der Waals surface area contributed by atoms with Crippen molar-refractivity contribution in [2.75, 3.05) is 6.26 Å². The van der Waals surface area contributed by atoms with Crippen LogP contribution in [0.3, 0.4) is 0 Å². The number of ketones is 1. The van der Waals surface area contributed by atoms with Crippen molar-refractivity contribution in [3.05, 3.63) is 41.7 Å². The van der Waals surface area contributed by atoms with E-state index < -0.39 is 15.4 Å². The summed E-state index contributed by atoms with van der Waals surface area (Å²) < 4.78 is 25.4. The van der Waals surface area contributed by atoms with E-state index in [2.05, 4.69) is 16.4 Å². The van der Waals surface area contributed by atoms with Gasteiger partial charge in [-0.1, -0.05) is 36.6 Å². The highest BCUT2D eigenvalue weighted by Crippen LogP contribution is 2.43. The van der Waals surface area contributed by atoms with Crippen LogP contribution in [0.4, 0.5) is 0 Å². The van der Waals surface area contributed by atoms with Crippen LogP contribution in [0.1, 0.15) is 73.3 Å². The molecule has 1 atom stereocenters. The van der Waals surface area contributed by atoms with Crippen molar-refractivity contribution in [1.82, 2.24) is 15.0 Å². The van der Waals surface area contributed by atoms with Gasteiger partial charge >= 0.3 is 0 Å². The Morgan fingerprint density at radius 3 is 2.67 bits per heavy atom. The van der Waals surface area contributed by atoms with E-state index in [1.54, 1.807) is 16.8 Å². The van der Waals surface area contributed by atoms with Crippen LogP contribution in [-0.4, -0.2) is 35.5 Å². The van der Waals surface area contributed by atoms with Gasteiger partial charge in [0.1, 0.15) is 0 Å². The molecule has 158 valence electrons. The van der Waals surface area contributed by atoms with Gasteiger partial charge in [-0.25, -0.2) is 13.1 Å². The summed E-state index contributed by atoms with van der Waals surface area (Å²) in [5.41, 5.74) is 0.591. The lowest BCUT2D eigenvalue weighted by molar-refractivity contribution is 0.0956. The van der Waals surface area contributed by atoms with Crippen molar-refractivity contribution >= 4 is 15.6 Å². The lowest BCUT2D eigenvalue weighted by Crippen LogP contribution is -2.20. The van der Waals surface area contributed by atoms with Gasteiger partial charge in [-0.05, 0) is 43.7 Å². The molecule has 0 saturated heterocycles. The largest absolute Gasteiger partial charge is 0.294 e. The highest BCUT2D eigenvalue weighted by Gasteiger charge is 2.47. The fourth-order valence-corrected chi connectivity index (χ4v) is 5.10. The molecule has 2 aliphatic carbocycles. The Kier molecular flexibility index (Phi) is 5.49. The third-order valence-electron chi connectivity index (χ3n) is 6.47. The van der Waals surface area contributed by atoms with Gasteiger partial charge in [-0.15, -0.1) is 5.10 Å². The molecule has 7 nitrogen and oxygen atoms in total. The summed E-state index contributed by atoms with van der Waals surface area (Å²) in [5, 5.41) is 18.0. The number of Topliss-reactive ketones (excluding diaryl/α,β-unsaturated/α-hetero) is 1. The third-order valence-corrected chi connectivity index (χ3v) is 7.58. The van der Waals surface area contributed by atoms with E-state index >= 15 is 0 Å². The molecule has 0 aliphatic heterocycles. The van der Waals surface area contributed by atoms with Crippen LogP contribution in [0.2, 0.25) is 0 Å². The molecule has 0 amide bonds. The molecule has 1 aromatic heterocycles. The van der Waals surface area contributed by atoms with Gasteiger partial charge in [0.15, 0.2) is 21.2 Å². The van der Waals surface area contributed by atoms with Crippen molar-refractivity contribution in [2.24, 2.45) is 5.92 Å². The summed E-state index contributed by atoms with van der Waals surface area (Å²) in [5.74, 6) is 0.165. The fraction of sp³-hybridized carbons (Fsp3) is 0.545. The van der Waals surface area contributed by atoms with E-state index in [4.69, 9.17) is 0 Å². The van der Waals surface area contributed by atoms with Gasteiger partial charge in [0, 0.05) is 24.2 Å². The van der Waals surface area contributed by atoms with Gasteiger partial charge in [-0.3, -0.25) is 4.79 Å². The maximum atomic E-state index is 13.1. The minimum Gasteiger partial charge on any atom is -0.294 e. The molecular formula is C22H26N4O3S. The zero-order chi connectivity index (χ0) is 21.4. The predicted molar refractivity (Wildman–Crippen MR) is 111 cm³/mol. The molecule has 0 unspecified atom stereocenters. The van der Waals surface area contributed by atoms with E-state index in [1.807, 2.05) is 6.20 Å². The predicted octanol–water partition coefficient (Wildman–Crippen LogP) is 3.63. The van der Waals surface area contributed by atoms with E-state index in [1.165, 1.54) is 18.6 Å². The smallest absolute Gasteiger partial charge is 0.175 e. The Balaban J connectivity index is 1.61. The normalized spacial score (nSPS) is 19.7. The Morgan fingerprint density at radius 2 is 2.03 bits per heavy atom. The van der Waals surface area contributed by atoms with Crippen molar-refractivity contribution in [3.8, 4) is 6.07 Å². The van der Waals surface area contributed by atoms with Gasteiger partial charge < -0.3 is 0 Å². The fourth-order valence-electron chi connectivity index (χ4n) is 4.43. The number of rotatable bonds is 7. The van der Waals surface area contributed by atoms with Gasteiger partial charge in [0.2, 0.25) is 0 Å². The van der Waals surface area contributed by atoms with Crippen LogP contribution < -0.4 is 0 Å². The summed E-state index contributed by atoms with van der Waals surface area (Å²) in [6.07, 6.45) is 10.3. The molecule has 1 aromatic carbocycles. The van der Waals surface area contributed by atoms with Gasteiger partial charge in [0.25, 0.3) is 0 Å². The van der Waals surface area contributed by atoms with Crippen molar-refractivity contribution in [1.29, 1.82) is 5.26 Å². The first kappa shape index (κ1) is 20.7. The lowest BCUT2D eigenvalue weighted by atomic mass is 9.76. The van der Waals surface area contributed by atoms with E-state index in [0.29, 0.717) is 11.5 Å². The number of hydrogen-bond acceptors (Lipinski definition) is 6. The average molecular weight is 427 g/mol. The van der Waals surface area contributed by atoms with Crippen LogP contribution >= 0.6 is 0 Å². The highest BCUT2D eigenvalue weighted by molar-refractivity contribution is 7.90. The maximum Gasteiger partial charge on any atom is 0.175 e. The molecule has 0 radical (unpaired) electrons. The summed E-state index contributed by atoms with van der Waals surface area (Å²) in [7, 11) is -3.38. The first-order valence-corrected chi connectivity index (χ1v) is 12.4. The average Bonchev–Trinajstić information content (AvgIpc) is 3.40. The quantitative estimate of drug-likeness (QED) is 0.626. The van der Waals surface area contributed by atoms with E-state index in [0.717, 1.165) is 50.5 Å². The molecule has 0 bridgehead atoms. The lowest BCUT2D eigenvalue weighted by Gasteiger charge is -2.28. The molecule has 8 heteroatoms. The van der Waals surface area contributed by atoms with Crippen molar-refractivity contribution < 1.29 is 13.2 Å². The molecule has 2 saturated carbocycles. The number of benzene rings is 1. The summed E-state index contributed by atoms with van der Waals surface area (Å²) in [6.45, 7) is 0. The van der Waals surface area contributed by atoms with Crippen molar-refractivity contribution in [3.63, 3.8) is 0 Å². The zero-order valence-electron chi connectivity index (χ0n) is 17.1. The minimum atomic E-state index is -3.38. The van der Waals surface area contributed by atoms with Gasteiger partial charge in [-0.2, -0.15) is 5.26 Å². The number of nitriles is 1. The molecule has 30 heavy (non-hydrogen) atoms. The summed E-state index contributed by atoms with van der Waals surface area (Å²) in [4.78, 5) is 13.3. The van der Waals surface area contributed by atoms with E-state index in [-0.39, 0.29) is 23.0 Å². The topological polar surface area (TPSA) is 106 Å². The molecule has 2 aromatic rings. The Labute approximate surface area is 177 Å². The molecule has 2 aliphatic rings. The van der Waals surface area contributed by atoms with Gasteiger partial charge in [0.05, 0.1) is 22.9 Å². The molecule has 4 rings (SSSR count). The molecule has 0 N–H and O–H groups in total.